The number of rotatable bonds is 5. The smallest absolute Gasteiger partial charge is 0.151 e. The molecular formula is C11H14O3S2. The Kier molecular flexibility index (Phi) is 5.34. The highest BCUT2D eigenvalue weighted by Gasteiger charge is 2.13. The lowest BCUT2D eigenvalue weighted by Gasteiger charge is -2.13. The normalized spacial score (nSPS) is 14.5. The van der Waals surface area contributed by atoms with Gasteiger partial charge in [0.1, 0.15) is 10.9 Å². The number of thioether (sulfide) groups is 2. The van der Waals surface area contributed by atoms with Crippen LogP contribution in [0.5, 0.6) is 0 Å². The topological polar surface area (TPSA) is 57.5 Å². The van der Waals surface area contributed by atoms with E-state index in [1.165, 1.54) is 23.5 Å². The predicted molar refractivity (Wildman–Crippen MR) is 66.9 cm³/mol. The van der Waals surface area contributed by atoms with Gasteiger partial charge in [-0.05, 0) is 19.9 Å². The van der Waals surface area contributed by atoms with Crippen LogP contribution in [0.2, 0.25) is 0 Å². The molecule has 0 amide bonds. The molecule has 1 aromatic carbocycles. The van der Waals surface area contributed by atoms with E-state index in [4.69, 9.17) is 0 Å². The molecule has 88 valence electrons. The van der Waals surface area contributed by atoms with Gasteiger partial charge in [0.2, 0.25) is 0 Å². The lowest BCUT2D eigenvalue weighted by Crippen LogP contribution is -1.98. The summed E-state index contributed by atoms with van der Waals surface area (Å²) < 4.78 is 0. The second-order valence-corrected chi connectivity index (χ2v) is 5.91. The summed E-state index contributed by atoms with van der Waals surface area (Å²) in [5.41, 5.74) is -0.596. The summed E-state index contributed by atoms with van der Waals surface area (Å²) >= 11 is 2.47. The van der Waals surface area contributed by atoms with Crippen LogP contribution in [0.4, 0.5) is 0 Å². The van der Waals surface area contributed by atoms with Crippen LogP contribution in [0.3, 0.4) is 0 Å². The molecule has 0 heterocycles. The van der Waals surface area contributed by atoms with Crippen LogP contribution >= 0.6 is 23.5 Å². The number of aliphatic hydroxyl groups excluding tert-OH is 2. The van der Waals surface area contributed by atoms with Crippen molar-refractivity contribution < 1.29 is 15.0 Å². The fourth-order valence-corrected chi connectivity index (χ4v) is 3.01. The number of aliphatic hydroxyl groups is 2. The van der Waals surface area contributed by atoms with Crippen LogP contribution in [0.1, 0.15) is 24.2 Å². The van der Waals surface area contributed by atoms with Crippen LogP contribution in [-0.4, -0.2) is 27.4 Å². The Morgan fingerprint density at radius 3 is 2.31 bits per heavy atom. The van der Waals surface area contributed by atoms with Crippen molar-refractivity contribution in [2.45, 2.75) is 34.5 Å². The van der Waals surface area contributed by atoms with Crippen molar-refractivity contribution in [1.29, 1.82) is 0 Å². The first kappa shape index (κ1) is 13.6. The zero-order valence-electron chi connectivity index (χ0n) is 9.08. The lowest BCUT2D eigenvalue weighted by molar-refractivity contribution is 0.112. The van der Waals surface area contributed by atoms with Crippen molar-refractivity contribution in [2.24, 2.45) is 0 Å². The third-order valence-electron chi connectivity index (χ3n) is 1.72. The average Bonchev–Trinajstić information content (AvgIpc) is 2.19. The number of hydrogen-bond donors (Lipinski definition) is 2. The first-order chi connectivity index (χ1) is 7.54. The number of hydrogen-bond acceptors (Lipinski definition) is 5. The van der Waals surface area contributed by atoms with Gasteiger partial charge in [-0.2, -0.15) is 0 Å². The summed E-state index contributed by atoms with van der Waals surface area (Å²) in [5.74, 6) is 0. The van der Waals surface area contributed by atoms with Gasteiger partial charge in [0.05, 0.1) is 0 Å². The molecule has 0 fully saturated rings. The Balaban J connectivity index is 3.09. The van der Waals surface area contributed by atoms with Crippen LogP contribution < -0.4 is 0 Å². The fourth-order valence-electron chi connectivity index (χ4n) is 1.20. The van der Waals surface area contributed by atoms with Gasteiger partial charge in [-0.15, -0.1) is 0 Å². The lowest BCUT2D eigenvalue weighted by atomic mass is 10.2. The van der Waals surface area contributed by atoms with Crippen molar-refractivity contribution >= 4 is 29.8 Å². The zero-order valence-corrected chi connectivity index (χ0v) is 10.7. The number of aldehydes is 1. The molecule has 0 spiro atoms. The maximum Gasteiger partial charge on any atom is 0.151 e. The maximum atomic E-state index is 10.9. The van der Waals surface area contributed by atoms with Crippen LogP contribution in [0.25, 0.3) is 0 Å². The van der Waals surface area contributed by atoms with E-state index < -0.39 is 10.9 Å². The summed E-state index contributed by atoms with van der Waals surface area (Å²) in [6.07, 6.45) is 0.761. The molecule has 1 aromatic rings. The Hall–Kier alpha value is -0.490. The molecule has 0 saturated heterocycles. The second kappa shape index (κ2) is 6.30. The molecule has 16 heavy (non-hydrogen) atoms. The van der Waals surface area contributed by atoms with Gasteiger partial charge in [-0.3, -0.25) is 4.79 Å². The molecular weight excluding hydrogens is 244 g/mol. The summed E-state index contributed by atoms with van der Waals surface area (Å²) in [6.45, 7) is 3.30. The highest BCUT2D eigenvalue weighted by atomic mass is 32.2. The maximum absolute atomic E-state index is 10.9. The van der Waals surface area contributed by atoms with E-state index >= 15 is 0 Å². The van der Waals surface area contributed by atoms with Crippen LogP contribution in [-0.2, 0) is 0 Å². The summed E-state index contributed by atoms with van der Waals surface area (Å²) in [7, 11) is 0. The Morgan fingerprint density at radius 2 is 1.81 bits per heavy atom. The largest absolute Gasteiger partial charge is 0.382 e. The molecule has 2 N–H and O–H groups in total. The molecule has 0 aliphatic carbocycles. The molecule has 5 heteroatoms. The Labute approximate surface area is 103 Å². The molecule has 0 aromatic heterocycles. The van der Waals surface area contributed by atoms with Crippen molar-refractivity contribution in [3.63, 3.8) is 0 Å². The predicted octanol–water partition coefficient (Wildman–Crippen LogP) is 2.36. The fraction of sp³-hybridized carbons (Fsp3) is 0.364. The van der Waals surface area contributed by atoms with Gasteiger partial charge in [0.25, 0.3) is 0 Å². The SMILES string of the molecule is CC(O)Sc1cccc(C=O)c1SC(C)O. The van der Waals surface area contributed by atoms with Gasteiger partial charge >= 0.3 is 0 Å². The quantitative estimate of drug-likeness (QED) is 0.482. The molecule has 0 aliphatic heterocycles. The van der Waals surface area contributed by atoms with Crippen LogP contribution in [0.15, 0.2) is 28.0 Å². The van der Waals surface area contributed by atoms with Crippen molar-refractivity contribution in [3.8, 4) is 0 Å². The van der Waals surface area contributed by atoms with E-state index in [9.17, 15) is 15.0 Å². The highest BCUT2D eigenvalue weighted by Crippen LogP contribution is 2.36. The number of benzene rings is 1. The molecule has 0 radical (unpaired) electrons. The average molecular weight is 258 g/mol. The monoisotopic (exact) mass is 258 g/mol. The van der Waals surface area contributed by atoms with Gasteiger partial charge in [0, 0.05) is 15.4 Å². The van der Waals surface area contributed by atoms with Gasteiger partial charge in [-0.1, -0.05) is 35.7 Å². The zero-order chi connectivity index (χ0) is 12.1. The van der Waals surface area contributed by atoms with Crippen LogP contribution in [0, 0.1) is 0 Å². The van der Waals surface area contributed by atoms with E-state index in [1.54, 1.807) is 26.0 Å². The minimum Gasteiger partial charge on any atom is -0.382 e. The second-order valence-electron chi connectivity index (χ2n) is 3.23. The van der Waals surface area contributed by atoms with Crippen molar-refractivity contribution in [1.82, 2.24) is 0 Å². The van der Waals surface area contributed by atoms with Crippen molar-refractivity contribution in [3.05, 3.63) is 23.8 Å². The molecule has 0 bridgehead atoms. The molecule has 3 nitrogen and oxygen atoms in total. The van der Waals surface area contributed by atoms with Gasteiger partial charge in [0.15, 0.2) is 6.29 Å². The summed E-state index contributed by atoms with van der Waals surface area (Å²) in [5, 5.41) is 18.7. The van der Waals surface area contributed by atoms with Crippen molar-refractivity contribution in [2.75, 3.05) is 0 Å². The standard InChI is InChI=1S/C11H14O3S2/c1-7(13)15-10-5-3-4-9(6-12)11(10)16-8(2)14/h3-8,13-14H,1-2H3. The highest BCUT2D eigenvalue weighted by molar-refractivity contribution is 8.02. The minimum atomic E-state index is -0.588. The minimum absolute atomic E-state index is 0.538. The first-order valence-corrected chi connectivity index (χ1v) is 6.58. The Morgan fingerprint density at radius 1 is 1.19 bits per heavy atom. The molecule has 1 rings (SSSR count). The van der Waals surface area contributed by atoms with Gasteiger partial charge < -0.3 is 10.2 Å². The number of carbonyl (C=O) groups excluding carboxylic acids is 1. The van der Waals surface area contributed by atoms with E-state index in [1.807, 2.05) is 6.07 Å². The summed E-state index contributed by atoms with van der Waals surface area (Å²) in [4.78, 5) is 12.4. The van der Waals surface area contributed by atoms with E-state index in [0.717, 1.165) is 16.1 Å². The Bertz CT molecular complexity index is 364. The third kappa shape index (κ3) is 3.83. The van der Waals surface area contributed by atoms with Gasteiger partial charge in [-0.25, -0.2) is 0 Å². The molecule has 2 atom stereocenters. The third-order valence-corrected chi connectivity index (χ3v) is 3.82. The molecule has 0 aliphatic rings. The summed E-state index contributed by atoms with van der Waals surface area (Å²) in [6, 6.07) is 5.29. The van der Waals surface area contributed by atoms with E-state index in [0.29, 0.717) is 5.56 Å². The molecule has 0 saturated carbocycles. The molecule has 2 unspecified atom stereocenters. The number of carbonyl (C=O) groups is 1. The van der Waals surface area contributed by atoms with E-state index in [2.05, 4.69) is 0 Å². The van der Waals surface area contributed by atoms with E-state index in [-0.39, 0.29) is 0 Å². The first-order valence-electron chi connectivity index (χ1n) is 4.82.